The number of H-pyrrole nitrogens is 1. The number of halogens is 3. The maximum absolute atomic E-state index is 12.9. The first-order valence-electron chi connectivity index (χ1n) is 8.93. The number of nitrogens with zero attached hydrogens (tertiary/aromatic N) is 5. The van der Waals surface area contributed by atoms with Gasteiger partial charge in [-0.05, 0) is 31.5 Å². The Morgan fingerprint density at radius 3 is 2.79 bits per heavy atom. The summed E-state index contributed by atoms with van der Waals surface area (Å²) in [6.45, 7) is 3.08. The highest BCUT2D eigenvalue weighted by molar-refractivity contribution is 5.99. The van der Waals surface area contributed by atoms with Gasteiger partial charge in [0.25, 0.3) is 0 Å². The number of anilines is 1. The molecule has 0 amide bonds. The fourth-order valence-corrected chi connectivity index (χ4v) is 3.01. The molecule has 3 aromatic heterocycles. The number of hydrogen-bond donors (Lipinski definition) is 2. The molecule has 3 heterocycles. The van der Waals surface area contributed by atoms with Crippen LogP contribution in [0, 0.1) is 0 Å². The highest BCUT2D eigenvalue weighted by atomic mass is 19.4. The third-order valence-corrected chi connectivity index (χ3v) is 4.54. The average molecular weight is 405 g/mol. The third-order valence-electron chi connectivity index (χ3n) is 4.54. The topological polar surface area (TPSA) is 93.5 Å². The van der Waals surface area contributed by atoms with Crippen LogP contribution in [0.4, 0.5) is 19.1 Å². The van der Waals surface area contributed by atoms with E-state index in [1.807, 2.05) is 18.2 Å². The van der Waals surface area contributed by atoms with E-state index in [0.717, 1.165) is 29.1 Å². The minimum atomic E-state index is -4.42. The zero-order chi connectivity index (χ0) is 20.8. The van der Waals surface area contributed by atoms with Crippen LogP contribution in [0.3, 0.4) is 0 Å². The van der Waals surface area contributed by atoms with Gasteiger partial charge >= 0.3 is 6.18 Å². The fourth-order valence-electron chi connectivity index (χ4n) is 3.01. The van der Waals surface area contributed by atoms with Crippen LogP contribution in [0.2, 0.25) is 0 Å². The number of hydrogen-bond acceptors (Lipinski definition) is 6. The Kier molecular flexibility index (Phi) is 4.52. The molecule has 0 spiro atoms. The van der Waals surface area contributed by atoms with Gasteiger partial charge in [-0.15, -0.1) is 5.10 Å². The second-order valence-corrected chi connectivity index (χ2v) is 6.54. The standard InChI is InChI=1S/C18H18F3N7O/c1-4-29-16-14-11(10-5-6-12-13(7-10)28(3)27-26-12)8-22-15(14)24-17(25-16)23-9(2)18(19,20)21/h5-9H,4H2,1-3H3,(H2,22,23,24,25)/t9-/m1/s1. The lowest BCUT2D eigenvalue weighted by Crippen LogP contribution is -2.33. The predicted octanol–water partition coefficient (Wildman–Crippen LogP) is 3.67. The van der Waals surface area contributed by atoms with Gasteiger partial charge in [0.05, 0.1) is 17.5 Å². The van der Waals surface area contributed by atoms with Crippen molar-refractivity contribution in [2.24, 2.45) is 7.05 Å². The predicted molar refractivity (Wildman–Crippen MR) is 102 cm³/mol. The Bertz CT molecular complexity index is 1180. The number of rotatable bonds is 5. The second kappa shape index (κ2) is 6.90. The van der Waals surface area contributed by atoms with E-state index in [4.69, 9.17) is 4.74 Å². The molecule has 0 saturated carbocycles. The first kappa shape index (κ1) is 19.0. The number of aromatic amines is 1. The smallest absolute Gasteiger partial charge is 0.408 e. The Morgan fingerprint density at radius 1 is 1.28 bits per heavy atom. The lowest BCUT2D eigenvalue weighted by Gasteiger charge is -2.17. The van der Waals surface area contributed by atoms with E-state index in [1.165, 1.54) is 0 Å². The second-order valence-electron chi connectivity index (χ2n) is 6.54. The van der Waals surface area contributed by atoms with E-state index in [0.29, 0.717) is 17.6 Å². The summed E-state index contributed by atoms with van der Waals surface area (Å²) in [5.41, 5.74) is 3.58. The number of ether oxygens (including phenoxy) is 1. The lowest BCUT2D eigenvalue weighted by molar-refractivity contribution is -0.138. The van der Waals surface area contributed by atoms with Gasteiger partial charge in [0.2, 0.25) is 11.8 Å². The molecule has 0 fully saturated rings. The number of nitrogens with one attached hydrogen (secondary N) is 2. The van der Waals surface area contributed by atoms with E-state index in [-0.39, 0.29) is 11.8 Å². The van der Waals surface area contributed by atoms with Crippen LogP contribution in [-0.2, 0) is 7.05 Å². The molecule has 0 radical (unpaired) electrons. The Balaban J connectivity index is 1.82. The Hall–Kier alpha value is -3.37. The van der Waals surface area contributed by atoms with Crippen LogP contribution in [0.15, 0.2) is 24.4 Å². The summed E-state index contributed by atoms with van der Waals surface area (Å²) in [5.74, 6) is 0.0410. The van der Waals surface area contributed by atoms with Crippen molar-refractivity contribution in [2.45, 2.75) is 26.1 Å². The van der Waals surface area contributed by atoms with E-state index >= 15 is 0 Å². The minimum Gasteiger partial charge on any atom is -0.477 e. The van der Waals surface area contributed by atoms with Gasteiger partial charge in [-0.2, -0.15) is 23.1 Å². The summed E-state index contributed by atoms with van der Waals surface area (Å²) in [7, 11) is 1.79. The molecule has 2 N–H and O–H groups in total. The van der Waals surface area contributed by atoms with Gasteiger partial charge in [-0.3, -0.25) is 0 Å². The summed E-state index contributed by atoms with van der Waals surface area (Å²) in [5, 5.41) is 10.9. The first-order valence-corrected chi connectivity index (χ1v) is 8.93. The van der Waals surface area contributed by atoms with Crippen LogP contribution in [0.25, 0.3) is 33.2 Å². The number of fused-ring (bicyclic) bond motifs is 2. The molecule has 0 unspecified atom stereocenters. The number of aryl methyl sites for hydroxylation is 1. The zero-order valence-corrected chi connectivity index (χ0v) is 15.9. The summed E-state index contributed by atoms with van der Waals surface area (Å²) < 4.78 is 45.9. The van der Waals surface area contributed by atoms with Crippen molar-refractivity contribution < 1.29 is 17.9 Å². The molecule has 4 aromatic rings. The van der Waals surface area contributed by atoms with Gasteiger partial charge < -0.3 is 15.0 Å². The summed E-state index contributed by atoms with van der Waals surface area (Å²) >= 11 is 0. The highest BCUT2D eigenvalue weighted by Crippen LogP contribution is 2.35. The molecular weight excluding hydrogens is 387 g/mol. The molecular formula is C18H18F3N7O. The highest BCUT2D eigenvalue weighted by Gasteiger charge is 2.36. The largest absolute Gasteiger partial charge is 0.477 e. The molecule has 11 heteroatoms. The normalized spacial score (nSPS) is 13.2. The monoisotopic (exact) mass is 405 g/mol. The molecule has 0 aliphatic heterocycles. The van der Waals surface area contributed by atoms with Crippen LogP contribution < -0.4 is 10.1 Å². The van der Waals surface area contributed by atoms with Crippen molar-refractivity contribution in [3.8, 4) is 17.0 Å². The molecule has 152 valence electrons. The summed E-state index contributed by atoms with van der Waals surface area (Å²) in [4.78, 5) is 11.4. The molecule has 29 heavy (non-hydrogen) atoms. The van der Waals surface area contributed by atoms with Crippen LogP contribution in [0.5, 0.6) is 5.88 Å². The van der Waals surface area contributed by atoms with Gasteiger partial charge in [-0.25, -0.2) is 4.68 Å². The van der Waals surface area contributed by atoms with Crippen molar-refractivity contribution >= 4 is 28.0 Å². The van der Waals surface area contributed by atoms with Gasteiger partial charge in [0.1, 0.15) is 17.2 Å². The van der Waals surface area contributed by atoms with Crippen molar-refractivity contribution in [1.82, 2.24) is 29.9 Å². The van der Waals surface area contributed by atoms with Crippen LogP contribution in [-0.4, -0.2) is 48.8 Å². The van der Waals surface area contributed by atoms with Crippen molar-refractivity contribution in [1.29, 1.82) is 0 Å². The molecule has 0 aliphatic carbocycles. The quantitative estimate of drug-likeness (QED) is 0.526. The molecule has 0 bridgehead atoms. The first-order chi connectivity index (χ1) is 13.8. The van der Waals surface area contributed by atoms with Gasteiger partial charge in [-0.1, -0.05) is 11.3 Å². The third kappa shape index (κ3) is 3.43. The van der Waals surface area contributed by atoms with Crippen LogP contribution in [0.1, 0.15) is 13.8 Å². The molecule has 8 nitrogen and oxygen atoms in total. The lowest BCUT2D eigenvalue weighted by atomic mass is 10.1. The van der Waals surface area contributed by atoms with Crippen molar-refractivity contribution in [3.05, 3.63) is 24.4 Å². The maximum Gasteiger partial charge on any atom is 0.408 e. The molecule has 0 saturated heterocycles. The number of aromatic nitrogens is 6. The zero-order valence-electron chi connectivity index (χ0n) is 15.9. The molecule has 1 atom stereocenters. The minimum absolute atomic E-state index is 0.162. The van der Waals surface area contributed by atoms with Crippen molar-refractivity contribution in [2.75, 3.05) is 11.9 Å². The fraction of sp³-hybridized carbons (Fsp3) is 0.333. The summed E-state index contributed by atoms with van der Waals surface area (Å²) in [6, 6.07) is 3.85. The SMILES string of the molecule is CCOc1nc(N[C@H](C)C(F)(F)F)nc2[nH]cc(-c3ccc4nnn(C)c4c3)c12. The van der Waals surface area contributed by atoms with E-state index in [1.54, 1.807) is 24.9 Å². The maximum atomic E-state index is 12.9. The number of alkyl halides is 3. The molecule has 1 aromatic carbocycles. The molecule has 0 aliphatic rings. The molecule has 4 rings (SSSR count). The average Bonchev–Trinajstić information content (AvgIpc) is 3.25. The van der Waals surface area contributed by atoms with Gasteiger partial charge in [0.15, 0.2) is 0 Å². The Labute approximate surface area is 163 Å². The van der Waals surface area contributed by atoms with Gasteiger partial charge in [0, 0.05) is 18.8 Å². The Morgan fingerprint density at radius 2 is 2.07 bits per heavy atom. The number of benzene rings is 1. The summed E-state index contributed by atoms with van der Waals surface area (Å²) in [6.07, 6.45) is -2.69. The van der Waals surface area contributed by atoms with Crippen molar-refractivity contribution in [3.63, 3.8) is 0 Å². The van der Waals surface area contributed by atoms with E-state index in [2.05, 4.69) is 30.6 Å². The van der Waals surface area contributed by atoms with Crippen LogP contribution >= 0.6 is 0 Å². The van der Waals surface area contributed by atoms with E-state index < -0.39 is 12.2 Å². The van der Waals surface area contributed by atoms with E-state index in [9.17, 15) is 13.2 Å².